The van der Waals surface area contributed by atoms with Crippen LogP contribution in [0.5, 0.6) is 0 Å². The number of aromatic nitrogens is 2. The molecule has 0 amide bonds. The van der Waals surface area contributed by atoms with Crippen molar-refractivity contribution >= 4 is 23.4 Å². The van der Waals surface area contributed by atoms with Crippen LogP contribution < -0.4 is 11.0 Å². The first-order valence-corrected chi connectivity index (χ1v) is 7.96. The number of aliphatic imine (C=N–C) groups is 1. The third-order valence-electron chi connectivity index (χ3n) is 4.24. The van der Waals surface area contributed by atoms with Gasteiger partial charge in [0, 0.05) is 0 Å². The van der Waals surface area contributed by atoms with Gasteiger partial charge in [-0.15, -0.1) is 0 Å². The van der Waals surface area contributed by atoms with E-state index in [0.29, 0.717) is 11.1 Å². The van der Waals surface area contributed by atoms with Gasteiger partial charge in [-0.05, 0) is 19.4 Å². The second-order valence-corrected chi connectivity index (χ2v) is 6.29. The van der Waals surface area contributed by atoms with Crippen LogP contribution in [0.4, 0.5) is 0 Å². The van der Waals surface area contributed by atoms with Crippen molar-refractivity contribution in [1.82, 2.24) is 9.55 Å². The lowest BCUT2D eigenvalue weighted by Gasteiger charge is -2.18. The fraction of sp³-hybridized carbons (Fsp3) is 0.533. The lowest BCUT2D eigenvalue weighted by Crippen LogP contribution is -2.43. The van der Waals surface area contributed by atoms with Crippen molar-refractivity contribution in [2.45, 2.75) is 44.5 Å². The van der Waals surface area contributed by atoms with Gasteiger partial charge in [-0.3, -0.25) is 9.98 Å². The lowest BCUT2D eigenvalue weighted by molar-refractivity contribution is -0.160. The number of aliphatic carboxylic acids is 1. The Morgan fingerprint density at radius 2 is 1.96 bits per heavy atom. The second-order valence-electron chi connectivity index (χ2n) is 6.29. The van der Waals surface area contributed by atoms with Crippen LogP contribution in [0.3, 0.4) is 0 Å². The van der Waals surface area contributed by atoms with Crippen molar-refractivity contribution in [3.05, 3.63) is 16.7 Å². The fourth-order valence-corrected chi connectivity index (χ4v) is 2.94. The van der Waals surface area contributed by atoms with E-state index >= 15 is 0 Å². The SMILES string of the molecule is COC1=NC(=N)c2nc(=C(C)C)n([C@@H]3O[C@H](C(O)C(=O)O)[C@@H](O)[C@H]3O)c2=N1. The number of ether oxygens (including phenoxy) is 2. The molecule has 2 aliphatic rings. The topological polar surface area (TPSA) is 183 Å². The number of methoxy groups -OCH3 is 1. The molecule has 0 spiro atoms. The van der Waals surface area contributed by atoms with Crippen LogP contribution in [0.15, 0.2) is 9.98 Å². The van der Waals surface area contributed by atoms with Gasteiger partial charge in [0.05, 0.1) is 7.11 Å². The Labute approximate surface area is 152 Å². The number of carboxylic acid groups (broad SMARTS) is 1. The van der Waals surface area contributed by atoms with E-state index in [-0.39, 0.29) is 23.0 Å². The molecule has 12 heteroatoms. The van der Waals surface area contributed by atoms with E-state index < -0.39 is 36.6 Å². The van der Waals surface area contributed by atoms with Crippen molar-refractivity contribution in [2.75, 3.05) is 7.11 Å². The Morgan fingerprint density at radius 1 is 1.30 bits per heavy atom. The first-order chi connectivity index (χ1) is 12.7. The summed E-state index contributed by atoms with van der Waals surface area (Å²) in [6, 6.07) is -0.107. The summed E-state index contributed by atoms with van der Waals surface area (Å²) in [7, 11) is 1.32. The molecule has 5 N–H and O–H groups in total. The molecule has 3 rings (SSSR count). The molecule has 0 radical (unpaired) electrons. The summed E-state index contributed by atoms with van der Waals surface area (Å²) in [5, 5.41) is 47.3. The zero-order valence-corrected chi connectivity index (χ0v) is 14.7. The number of aliphatic hydroxyl groups excluding tert-OH is 3. The van der Waals surface area contributed by atoms with Crippen LogP contribution in [-0.2, 0) is 14.3 Å². The minimum absolute atomic E-state index is 0.102. The molecule has 0 aromatic carbocycles. The first-order valence-electron chi connectivity index (χ1n) is 7.96. The number of amidine groups is 2. The number of nitrogens with zero attached hydrogens (tertiary/aromatic N) is 4. The molecular weight excluding hydrogens is 362 g/mol. The highest BCUT2D eigenvalue weighted by molar-refractivity contribution is 6.03. The summed E-state index contributed by atoms with van der Waals surface area (Å²) in [5.41, 5.74) is 1.19. The predicted octanol–water partition coefficient (Wildman–Crippen LogP) is -2.90. The van der Waals surface area contributed by atoms with Crippen LogP contribution in [0.2, 0.25) is 0 Å². The predicted molar refractivity (Wildman–Crippen MR) is 88.6 cm³/mol. The Morgan fingerprint density at radius 3 is 2.52 bits per heavy atom. The van der Waals surface area contributed by atoms with Crippen LogP contribution in [0.1, 0.15) is 25.8 Å². The maximum absolute atomic E-state index is 11.0. The average Bonchev–Trinajstić information content (AvgIpc) is 3.13. The number of fused-ring (bicyclic) bond motifs is 1. The standard InChI is InChI=1S/C15H19N5O7/c1-4(2)11-17-5-10(16)18-15(26-3)19-12(5)20(11)13-7(22)6(21)9(27-13)8(23)14(24)25/h6-9,13,16,21-23H,1-3H3,(H,24,25)/t6-,7+,8?,9-,13+/m0/s1. The molecule has 1 unspecified atom stereocenters. The molecule has 2 aliphatic heterocycles. The average molecular weight is 381 g/mol. The molecule has 0 saturated carbocycles. The van der Waals surface area contributed by atoms with E-state index in [1.54, 1.807) is 13.8 Å². The summed E-state index contributed by atoms with van der Waals surface area (Å²) in [6.07, 6.45) is -8.14. The Hall–Kier alpha value is -2.67. The molecule has 1 saturated heterocycles. The lowest BCUT2D eigenvalue weighted by atomic mass is 10.1. The molecule has 27 heavy (non-hydrogen) atoms. The van der Waals surface area contributed by atoms with Gasteiger partial charge in [-0.25, -0.2) is 9.78 Å². The van der Waals surface area contributed by atoms with Gasteiger partial charge in [0.2, 0.25) is 0 Å². The van der Waals surface area contributed by atoms with E-state index in [4.69, 9.17) is 20.0 Å². The van der Waals surface area contributed by atoms with Gasteiger partial charge in [-0.2, -0.15) is 9.98 Å². The maximum atomic E-state index is 11.0. The molecule has 3 heterocycles. The molecule has 12 nitrogen and oxygen atoms in total. The minimum atomic E-state index is -2.04. The molecule has 0 aliphatic carbocycles. The molecule has 1 aromatic rings. The fourth-order valence-electron chi connectivity index (χ4n) is 2.94. The van der Waals surface area contributed by atoms with E-state index in [1.807, 2.05) is 0 Å². The van der Waals surface area contributed by atoms with Crippen LogP contribution in [0.25, 0.3) is 5.57 Å². The van der Waals surface area contributed by atoms with Gasteiger partial charge in [0.25, 0.3) is 0 Å². The highest BCUT2D eigenvalue weighted by Gasteiger charge is 2.49. The number of hydrogen-bond donors (Lipinski definition) is 5. The van der Waals surface area contributed by atoms with Crippen molar-refractivity contribution in [2.24, 2.45) is 9.98 Å². The number of hydrogen-bond acceptors (Lipinski definition) is 9. The molecule has 5 atom stereocenters. The summed E-state index contributed by atoms with van der Waals surface area (Å²) < 4.78 is 11.8. The van der Waals surface area contributed by atoms with Gasteiger partial charge in [0.15, 0.2) is 29.3 Å². The first kappa shape index (κ1) is 19.1. The zero-order valence-electron chi connectivity index (χ0n) is 14.7. The third-order valence-corrected chi connectivity index (χ3v) is 4.24. The Kier molecular flexibility index (Phi) is 4.82. The number of carbonyl (C=O) groups is 1. The van der Waals surface area contributed by atoms with Crippen LogP contribution in [0, 0.1) is 5.41 Å². The molecule has 1 fully saturated rings. The van der Waals surface area contributed by atoms with Crippen LogP contribution in [-0.4, -0.2) is 79.3 Å². The van der Waals surface area contributed by atoms with E-state index in [2.05, 4.69) is 15.0 Å². The van der Waals surface area contributed by atoms with Crippen molar-refractivity contribution < 1.29 is 34.7 Å². The zero-order chi connectivity index (χ0) is 20.0. The third kappa shape index (κ3) is 3.02. The van der Waals surface area contributed by atoms with Crippen molar-refractivity contribution in [1.29, 1.82) is 5.41 Å². The highest BCUT2D eigenvalue weighted by Crippen LogP contribution is 2.30. The molecule has 146 valence electrons. The number of aliphatic hydroxyl groups is 3. The minimum Gasteiger partial charge on any atom is -0.479 e. The molecular formula is C15H19N5O7. The van der Waals surface area contributed by atoms with Gasteiger partial charge in [-0.1, -0.05) is 0 Å². The monoisotopic (exact) mass is 381 g/mol. The maximum Gasteiger partial charge on any atom is 0.335 e. The largest absolute Gasteiger partial charge is 0.479 e. The smallest absolute Gasteiger partial charge is 0.335 e. The second kappa shape index (κ2) is 6.81. The summed E-state index contributed by atoms with van der Waals surface area (Å²) >= 11 is 0. The number of carboxylic acids is 1. The van der Waals surface area contributed by atoms with E-state index in [9.17, 15) is 20.1 Å². The molecule has 1 aromatic heterocycles. The highest BCUT2D eigenvalue weighted by atomic mass is 16.6. The quantitative estimate of drug-likeness (QED) is 0.369. The van der Waals surface area contributed by atoms with Gasteiger partial charge in [0.1, 0.15) is 23.8 Å². The summed E-state index contributed by atoms with van der Waals surface area (Å²) in [4.78, 5) is 23.3. The van der Waals surface area contributed by atoms with Crippen molar-refractivity contribution in [3.8, 4) is 0 Å². The molecule has 0 bridgehead atoms. The van der Waals surface area contributed by atoms with Crippen molar-refractivity contribution in [3.63, 3.8) is 0 Å². The normalized spacial score (nSPS) is 28.2. The van der Waals surface area contributed by atoms with E-state index in [0.717, 1.165) is 0 Å². The summed E-state index contributed by atoms with van der Waals surface area (Å²) in [5.74, 6) is -1.81. The number of imidazole rings is 1. The Balaban J connectivity index is 2.19. The van der Waals surface area contributed by atoms with E-state index in [1.165, 1.54) is 11.7 Å². The van der Waals surface area contributed by atoms with Gasteiger partial charge < -0.3 is 29.9 Å². The number of rotatable bonds is 3. The summed E-state index contributed by atoms with van der Waals surface area (Å²) in [6.45, 7) is 3.46. The van der Waals surface area contributed by atoms with Gasteiger partial charge >= 0.3 is 12.0 Å². The Bertz CT molecular complexity index is 948. The van der Waals surface area contributed by atoms with Crippen LogP contribution >= 0.6 is 0 Å². The number of nitrogens with one attached hydrogen (secondary N) is 1.